The zero-order chi connectivity index (χ0) is 23.9. The summed E-state index contributed by atoms with van der Waals surface area (Å²) in [7, 11) is 1.60. The highest BCUT2D eigenvalue weighted by Crippen LogP contribution is 2.31. The monoisotopic (exact) mass is 470 g/mol. The second-order valence-corrected chi connectivity index (χ2v) is 9.10. The Balaban J connectivity index is 1.45. The molecule has 0 radical (unpaired) electrons. The van der Waals surface area contributed by atoms with Crippen molar-refractivity contribution in [2.24, 2.45) is 5.92 Å². The van der Waals surface area contributed by atoms with Crippen LogP contribution in [0, 0.1) is 5.92 Å². The molecular weight excluding hydrogens is 436 g/mol. The summed E-state index contributed by atoms with van der Waals surface area (Å²) in [6.07, 6.45) is 3.56. The Morgan fingerprint density at radius 2 is 2.06 bits per heavy atom. The summed E-state index contributed by atoms with van der Waals surface area (Å²) in [5.74, 6) is 2.39. The molecule has 1 amide bonds. The van der Waals surface area contributed by atoms with Gasteiger partial charge in [0.1, 0.15) is 12.4 Å². The van der Waals surface area contributed by atoms with E-state index in [-0.39, 0.29) is 5.91 Å². The number of amides is 1. The van der Waals surface area contributed by atoms with Crippen LogP contribution in [0.5, 0.6) is 17.4 Å². The first kappa shape index (κ1) is 24.2. The van der Waals surface area contributed by atoms with Crippen molar-refractivity contribution in [2.75, 3.05) is 46.6 Å². The number of methoxy groups -OCH3 is 1. The van der Waals surface area contributed by atoms with Crippen LogP contribution < -0.4 is 14.2 Å². The molecule has 0 unspecified atom stereocenters. The number of rotatable bonds is 8. The normalized spacial score (nSPS) is 18.4. The minimum atomic E-state index is -0.525. The molecule has 0 aliphatic carbocycles. The van der Waals surface area contributed by atoms with Crippen molar-refractivity contribution >= 4 is 5.91 Å². The summed E-state index contributed by atoms with van der Waals surface area (Å²) in [5.41, 5.74) is 1.90. The number of benzene rings is 1. The molecule has 34 heavy (non-hydrogen) atoms. The first-order valence-corrected chi connectivity index (χ1v) is 11.9. The predicted octanol–water partition coefficient (Wildman–Crippen LogP) is 2.53. The molecule has 1 aromatic carbocycles. The molecule has 1 saturated heterocycles. The number of nitrogens with zero attached hydrogens (tertiary/aromatic N) is 4. The quantitative estimate of drug-likeness (QED) is 0.582. The Hall–Kier alpha value is -2.91. The predicted molar refractivity (Wildman–Crippen MR) is 126 cm³/mol. The Bertz CT molecular complexity index is 970. The average molecular weight is 471 g/mol. The largest absolute Gasteiger partial charge is 0.490 e. The molecule has 2 aliphatic rings. The van der Waals surface area contributed by atoms with Crippen LogP contribution in [-0.4, -0.2) is 78.3 Å². The highest BCUT2D eigenvalue weighted by atomic mass is 16.5. The van der Waals surface area contributed by atoms with E-state index in [0.717, 1.165) is 35.6 Å². The maximum atomic E-state index is 13.6. The zero-order valence-electron chi connectivity index (χ0n) is 20.2. The minimum absolute atomic E-state index is 0.00166. The standard InChI is InChI=1S/C25H34N4O5/c1-18(2)13-29(14-19-5-6-21-22(11-19)33-9-4-8-32-21)25(30)23-16-28(7-10-34-23)15-20-12-26-17-27-24(20)31-3/h5-6,11-12,17-18,23H,4,7-10,13-16H2,1-3H3/t23-/m1/s1. The molecule has 3 heterocycles. The lowest BCUT2D eigenvalue weighted by molar-refractivity contribution is -0.151. The van der Waals surface area contributed by atoms with Gasteiger partial charge in [-0.25, -0.2) is 9.97 Å². The molecule has 0 bridgehead atoms. The number of aromatic nitrogens is 2. The minimum Gasteiger partial charge on any atom is -0.490 e. The lowest BCUT2D eigenvalue weighted by Gasteiger charge is -2.35. The lowest BCUT2D eigenvalue weighted by atomic mass is 10.1. The summed E-state index contributed by atoms with van der Waals surface area (Å²) in [4.78, 5) is 25.9. The number of fused-ring (bicyclic) bond motifs is 1. The summed E-state index contributed by atoms with van der Waals surface area (Å²) >= 11 is 0. The topological polar surface area (TPSA) is 86.3 Å². The fourth-order valence-corrected chi connectivity index (χ4v) is 4.28. The van der Waals surface area contributed by atoms with E-state index in [1.807, 2.05) is 23.1 Å². The molecule has 0 N–H and O–H groups in total. The first-order valence-electron chi connectivity index (χ1n) is 11.9. The number of hydrogen-bond donors (Lipinski definition) is 0. The van der Waals surface area contributed by atoms with Gasteiger partial charge in [-0.1, -0.05) is 19.9 Å². The number of carbonyl (C=O) groups excluding carboxylic acids is 1. The van der Waals surface area contributed by atoms with E-state index >= 15 is 0 Å². The van der Waals surface area contributed by atoms with Gasteiger partial charge >= 0.3 is 0 Å². The van der Waals surface area contributed by atoms with Gasteiger partial charge in [-0.2, -0.15) is 0 Å². The van der Waals surface area contributed by atoms with E-state index in [4.69, 9.17) is 18.9 Å². The smallest absolute Gasteiger partial charge is 0.253 e. The van der Waals surface area contributed by atoms with Crippen LogP contribution in [0.15, 0.2) is 30.7 Å². The van der Waals surface area contributed by atoms with Crippen molar-refractivity contribution in [2.45, 2.75) is 39.5 Å². The van der Waals surface area contributed by atoms with Gasteiger partial charge in [-0.05, 0) is 23.6 Å². The molecular formula is C25H34N4O5. The fourth-order valence-electron chi connectivity index (χ4n) is 4.28. The average Bonchev–Trinajstić information content (AvgIpc) is 3.08. The second kappa shape index (κ2) is 11.5. The van der Waals surface area contributed by atoms with Crippen molar-refractivity contribution < 1.29 is 23.7 Å². The molecule has 184 valence electrons. The Morgan fingerprint density at radius 1 is 1.24 bits per heavy atom. The van der Waals surface area contributed by atoms with Gasteiger partial charge in [0.25, 0.3) is 5.91 Å². The van der Waals surface area contributed by atoms with Gasteiger partial charge in [0.05, 0.1) is 26.9 Å². The SMILES string of the molecule is COc1ncncc1CN1CCO[C@@H](C(=O)N(Cc2ccc3c(c2)OCCCO3)CC(C)C)C1. The molecule has 0 spiro atoms. The van der Waals surface area contributed by atoms with Crippen LogP contribution in [0.1, 0.15) is 31.4 Å². The van der Waals surface area contributed by atoms with Crippen LogP contribution in [0.25, 0.3) is 0 Å². The van der Waals surface area contributed by atoms with Gasteiger partial charge in [0.2, 0.25) is 5.88 Å². The Labute approximate surface area is 201 Å². The summed E-state index contributed by atoms with van der Waals surface area (Å²) in [6, 6.07) is 5.92. The van der Waals surface area contributed by atoms with E-state index in [1.165, 1.54) is 6.33 Å². The van der Waals surface area contributed by atoms with Crippen molar-refractivity contribution in [1.29, 1.82) is 0 Å². The van der Waals surface area contributed by atoms with Crippen LogP contribution in [0.4, 0.5) is 0 Å². The Morgan fingerprint density at radius 3 is 2.85 bits per heavy atom. The van der Waals surface area contributed by atoms with E-state index in [2.05, 4.69) is 28.7 Å². The van der Waals surface area contributed by atoms with E-state index < -0.39 is 6.10 Å². The number of ether oxygens (including phenoxy) is 4. The molecule has 1 atom stereocenters. The highest BCUT2D eigenvalue weighted by molar-refractivity contribution is 5.81. The number of morpholine rings is 1. The molecule has 1 fully saturated rings. The molecule has 9 nitrogen and oxygen atoms in total. The molecule has 2 aromatic rings. The molecule has 9 heteroatoms. The van der Waals surface area contributed by atoms with Gasteiger partial charge in [0.15, 0.2) is 11.5 Å². The summed E-state index contributed by atoms with van der Waals surface area (Å²) in [6.45, 7) is 8.99. The summed E-state index contributed by atoms with van der Waals surface area (Å²) < 4.78 is 22.9. The summed E-state index contributed by atoms with van der Waals surface area (Å²) in [5, 5.41) is 0. The highest BCUT2D eigenvalue weighted by Gasteiger charge is 2.31. The van der Waals surface area contributed by atoms with Crippen molar-refractivity contribution in [3.8, 4) is 17.4 Å². The van der Waals surface area contributed by atoms with Gasteiger partial charge < -0.3 is 23.8 Å². The number of hydrogen-bond acceptors (Lipinski definition) is 8. The van der Waals surface area contributed by atoms with E-state index in [0.29, 0.717) is 57.8 Å². The van der Waals surface area contributed by atoms with Gasteiger partial charge in [-0.3, -0.25) is 9.69 Å². The first-order chi connectivity index (χ1) is 16.5. The number of carbonyl (C=O) groups is 1. The van der Waals surface area contributed by atoms with Crippen LogP contribution in [-0.2, 0) is 22.6 Å². The van der Waals surface area contributed by atoms with Crippen molar-refractivity contribution in [3.05, 3.63) is 41.9 Å². The van der Waals surface area contributed by atoms with Crippen molar-refractivity contribution in [3.63, 3.8) is 0 Å². The van der Waals surface area contributed by atoms with Crippen LogP contribution >= 0.6 is 0 Å². The maximum absolute atomic E-state index is 13.6. The van der Waals surface area contributed by atoms with E-state index in [9.17, 15) is 4.79 Å². The van der Waals surface area contributed by atoms with Crippen molar-refractivity contribution in [1.82, 2.24) is 19.8 Å². The molecule has 1 aromatic heterocycles. The third kappa shape index (κ3) is 6.15. The lowest BCUT2D eigenvalue weighted by Crippen LogP contribution is -2.51. The van der Waals surface area contributed by atoms with Crippen LogP contribution in [0.3, 0.4) is 0 Å². The van der Waals surface area contributed by atoms with E-state index in [1.54, 1.807) is 13.3 Å². The third-order valence-electron chi connectivity index (χ3n) is 5.84. The molecule has 2 aliphatic heterocycles. The fraction of sp³-hybridized carbons (Fsp3) is 0.560. The van der Waals surface area contributed by atoms with Gasteiger partial charge in [0, 0.05) is 50.9 Å². The van der Waals surface area contributed by atoms with Crippen LogP contribution in [0.2, 0.25) is 0 Å². The van der Waals surface area contributed by atoms with Gasteiger partial charge in [-0.15, -0.1) is 0 Å². The molecule has 0 saturated carbocycles. The molecule has 4 rings (SSSR count). The third-order valence-corrected chi connectivity index (χ3v) is 5.84. The Kier molecular flexibility index (Phi) is 8.18. The maximum Gasteiger partial charge on any atom is 0.253 e. The second-order valence-electron chi connectivity index (χ2n) is 9.10. The zero-order valence-corrected chi connectivity index (χ0v) is 20.2.